The lowest BCUT2D eigenvalue weighted by molar-refractivity contribution is -0.122. The monoisotopic (exact) mass is 356 g/mol. The van der Waals surface area contributed by atoms with Gasteiger partial charge < -0.3 is 21.3 Å². The van der Waals surface area contributed by atoms with Crippen LogP contribution in [0.1, 0.15) is 65.7 Å². The van der Waals surface area contributed by atoms with Gasteiger partial charge in [-0.15, -0.1) is 0 Å². The van der Waals surface area contributed by atoms with Crippen molar-refractivity contribution in [2.45, 2.75) is 65.7 Å². The predicted octanol–water partition coefficient (Wildman–Crippen LogP) is 1.80. The zero-order chi connectivity index (χ0) is 18.8. The normalized spacial score (nSPS) is 12.9. The third kappa shape index (κ3) is 16.1. The van der Waals surface area contributed by atoms with Crippen LogP contribution >= 0.6 is 0 Å². The summed E-state index contributed by atoms with van der Waals surface area (Å²) in [6.07, 6.45) is 6.74. The Balaban J connectivity index is 0.00000277. The molecule has 0 heterocycles. The molecule has 0 spiro atoms. The Kier molecular flexibility index (Phi) is 16.9. The van der Waals surface area contributed by atoms with E-state index >= 15 is 0 Å². The van der Waals surface area contributed by atoms with Crippen LogP contribution in [-0.2, 0) is 9.59 Å². The Bertz CT molecular complexity index is 333. The second-order valence-corrected chi connectivity index (χ2v) is 6.23. The maximum Gasteiger partial charge on any atom is 0.223 e. The molecule has 25 heavy (non-hydrogen) atoms. The molecule has 1 aliphatic rings. The van der Waals surface area contributed by atoms with E-state index in [2.05, 4.69) is 21.3 Å². The van der Waals surface area contributed by atoms with Crippen molar-refractivity contribution in [1.82, 2.24) is 21.3 Å². The fraction of sp³-hybridized carbons (Fsp3) is 0.895. The van der Waals surface area contributed by atoms with Crippen LogP contribution in [0.3, 0.4) is 0 Å². The highest BCUT2D eigenvalue weighted by Crippen LogP contribution is 2.28. The standard InChI is InChI=1S/C17H34N4O2.C2H6/c1-2-6-16(22)20-13-4-11-18-9-3-10-19-12-5-14-21-17(23)15-7-8-15;1-2/h15,18-19H,2-14H2,1H3,(H,20,22)(H,21,23);1-2H3. The summed E-state index contributed by atoms with van der Waals surface area (Å²) < 4.78 is 0. The Morgan fingerprint density at radius 2 is 1.28 bits per heavy atom. The number of hydrogen-bond donors (Lipinski definition) is 4. The van der Waals surface area contributed by atoms with Crippen molar-refractivity contribution in [2.24, 2.45) is 5.92 Å². The summed E-state index contributed by atoms with van der Waals surface area (Å²) in [6, 6.07) is 0. The number of carbonyl (C=O) groups is 2. The van der Waals surface area contributed by atoms with Gasteiger partial charge in [0.1, 0.15) is 0 Å². The molecule has 1 rings (SSSR count). The summed E-state index contributed by atoms with van der Waals surface area (Å²) in [5.74, 6) is 0.708. The Hall–Kier alpha value is -1.14. The fourth-order valence-electron chi connectivity index (χ4n) is 2.26. The zero-order valence-electron chi connectivity index (χ0n) is 16.6. The third-order valence-electron chi connectivity index (χ3n) is 3.81. The summed E-state index contributed by atoms with van der Waals surface area (Å²) >= 11 is 0. The highest BCUT2D eigenvalue weighted by molar-refractivity contribution is 5.80. The van der Waals surface area contributed by atoms with Crippen LogP contribution in [-0.4, -0.2) is 51.1 Å². The molecule has 1 aliphatic carbocycles. The molecule has 1 saturated carbocycles. The lowest BCUT2D eigenvalue weighted by atomic mass is 10.3. The molecule has 0 aromatic rings. The van der Waals surface area contributed by atoms with Crippen molar-refractivity contribution < 1.29 is 9.59 Å². The van der Waals surface area contributed by atoms with Crippen molar-refractivity contribution in [3.8, 4) is 0 Å². The number of hydrogen-bond acceptors (Lipinski definition) is 4. The van der Waals surface area contributed by atoms with Gasteiger partial charge in [-0.25, -0.2) is 0 Å². The lowest BCUT2D eigenvalue weighted by Crippen LogP contribution is -2.30. The lowest BCUT2D eigenvalue weighted by Gasteiger charge is -2.08. The van der Waals surface area contributed by atoms with E-state index in [1.54, 1.807) is 0 Å². The molecule has 2 amide bonds. The SMILES string of the molecule is CC.CCCC(=O)NCCCNCCCNCCCNC(=O)C1CC1. The van der Waals surface area contributed by atoms with Crippen LogP contribution in [0, 0.1) is 5.92 Å². The maximum absolute atomic E-state index is 11.4. The van der Waals surface area contributed by atoms with E-state index in [-0.39, 0.29) is 11.8 Å². The minimum atomic E-state index is 0.157. The predicted molar refractivity (Wildman–Crippen MR) is 105 cm³/mol. The second-order valence-electron chi connectivity index (χ2n) is 6.23. The molecule has 6 nitrogen and oxygen atoms in total. The smallest absolute Gasteiger partial charge is 0.223 e. The summed E-state index contributed by atoms with van der Waals surface area (Å²) in [7, 11) is 0. The molecule has 6 heteroatoms. The molecule has 0 unspecified atom stereocenters. The fourth-order valence-corrected chi connectivity index (χ4v) is 2.26. The molecule has 1 fully saturated rings. The topological polar surface area (TPSA) is 82.3 Å². The maximum atomic E-state index is 11.4. The van der Waals surface area contributed by atoms with Crippen LogP contribution in [0.2, 0.25) is 0 Å². The van der Waals surface area contributed by atoms with Gasteiger partial charge in [-0.3, -0.25) is 9.59 Å². The van der Waals surface area contributed by atoms with Crippen LogP contribution in [0.4, 0.5) is 0 Å². The summed E-state index contributed by atoms with van der Waals surface area (Å²) in [5.41, 5.74) is 0. The van der Waals surface area contributed by atoms with Gasteiger partial charge in [-0.2, -0.15) is 0 Å². The molecule has 0 aromatic carbocycles. The average Bonchev–Trinajstić information content (AvgIpc) is 3.46. The number of carbonyl (C=O) groups excluding carboxylic acids is 2. The van der Waals surface area contributed by atoms with Crippen LogP contribution in [0.5, 0.6) is 0 Å². The Morgan fingerprint density at radius 3 is 1.76 bits per heavy atom. The molecule has 0 atom stereocenters. The van der Waals surface area contributed by atoms with E-state index in [0.717, 1.165) is 77.8 Å². The van der Waals surface area contributed by atoms with Gasteiger partial charge in [-0.1, -0.05) is 20.8 Å². The van der Waals surface area contributed by atoms with Crippen LogP contribution < -0.4 is 21.3 Å². The van der Waals surface area contributed by atoms with E-state index in [9.17, 15) is 9.59 Å². The van der Waals surface area contributed by atoms with E-state index < -0.39 is 0 Å². The minimum Gasteiger partial charge on any atom is -0.356 e. The highest BCUT2D eigenvalue weighted by Gasteiger charge is 2.28. The first kappa shape index (κ1) is 23.9. The highest BCUT2D eigenvalue weighted by atomic mass is 16.2. The molecule has 0 aliphatic heterocycles. The Morgan fingerprint density at radius 1 is 0.800 bits per heavy atom. The molecule has 0 bridgehead atoms. The molecule has 148 valence electrons. The number of nitrogens with one attached hydrogen (secondary N) is 4. The molecular weight excluding hydrogens is 316 g/mol. The third-order valence-corrected chi connectivity index (χ3v) is 3.81. The van der Waals surface area contributed by atoms with Gasteiger partial charge in [-0.05, 0) is 64.7 Å². The first-order chi connectivity index (χ1) is 12.2. The van der Waals surface area contributed by atoms with Crippen molar-refractivity contribution in [3.63, 3.8) is 0 Å². The van der Waals surface area contributed by atoms with Crippen molar-refractivity contribution in [1.29, 1.82) is 0 Å². The largest absolute Gasteiger partial charge is 0.356 e. The summed E-state index contributed by atoms with van der Waals surface area (Å²) in [4.78, 5) is 22.6. The minimum absolute atomic E-state index is 0.157. The van der Waals surface area contributed by atoms with Gasteiger partial charge in [0.05, 0.1) is 0 Å². The van der Waals surface area contributed by atoms with Crippen molar-refractivity contribution >= 4 is 11.8 Å². The molecular formula is C19H40N4O2. The van der Waals surface area contributed by atoms with Gasteiger partial charge in [0, 0.05) is 25.4 Å². The average molecular weight is 357 g/mol. The first-order valence-corrected chi connectivity index (χ1v) is 10.2. The van der Waals surface area contributed by atoms with Crippen LogP contribution in [0.25, 0.3) is 0 Å². The van der Waals surface area contributed by atoms with Gasteiger partial charge in [0.25, 0.3) is 0 Å². The first-order valence-electron chi connectivity index (χ1n) is 10.2. The molecule has 0 saturated heterocycles. The quantitative estimate of drug-likeness (QED) is 0.337. The summed E-state index contributed by atoms with van der Waals surface area (Å²) in [6.45, 7) is 11.4. The Labute approximate surface area is 154 Å². The van der Waals surface area contributed by atoms with Gasteiger partial charge in [0.2, 0.25) is 11.8 Å². The van der Waals surface area contributed by atoms with Crippen molar-refractivity contribution in [3.05, 3.63) is 0 Å². The van der Waals surface area contributed by atoms with E-state index in [1.807, 2.05) is 20.8 Å². The number of rotatable bonds is 15. The molecule has 0 aromatic heterocycles. The summed E-state index contributed by atoms with van der Waals surface area (Å²) in [5, 5.41) is 12.6. The van der Waals surface area contributed by atoms with Crippen LogP contribution in [0.15, 0.2) is 0 Å². The molecule has 4 N–H and O–H groups in total. The van der Waals surface area contributed by atoms with Crippen molar-refractivity contribution in [2.75, 3.05) is 39.3 Å². The molecule has 0 radical (unpaired) electrons. The van der Waals surface area contributed by atoms with Gasteiger partial charge in [0.15, 0.2) is 0 Å². The number of amides is 2. The second kappa shape index (κ2) is 17.7. The van der Waals surface area contributed by atoms with E-state index in [1.165, 1.54) is 0 Å². The van der Waals surface area contributed by atoms with E-state index in [0.29, 0.717) is 12.3 Å². The van der Waals surface area contributed by atoms with Gasteiger partial charge >= 0.3 is 0 Å². The van der Waals surface area contributed by atoms with E-state index in [4.69, 9.17) is 0 Å². The zero-order valence-corrected chi connectivity index (χ0v) is 16.6.